The molecule has 1 amide bonds. The van der Waals surface area contributed by atoms with Gasteiger partial charge in [0, 0.05) is 12.5 Å². The maximum atomic E-state index is 11.5. The molecule has 2 rings (SSSR count). The van der Waals surface area contributed by atoms with Crippen LogP contribution in [-0.4, -0.2) is 25.0 Å². The van der Waals surface area contributed by atoms with Gasteiger partial charge >= 0.3 is 0 Å². The molecular weight excluding hydrogens is 176 g/mol. The number of hydrogen-bond donors (Lipinski definition) is 2. The van der Waals surface area contributed by atoms with Gasteiger partial charge in [0.25, 0.3) is 0 Å². The largest absolute Gasteiger partial charge is 0.354 e. The first-order chi connectivity index (χ1) is 6.74. The second-order valence-corrected chi connectivity index (χ2v) is 4.88. The van der Waals surface area contributed by atoms with Crippen LogP contribution in [0.3, 0.4) is 0 Å². The van der Waals surface area contributed by atoms with Crippen LogP contribution in [0, 0.1) is 11.8 Å². The van der Waals surface area contributed by atoms with Crippen LogP contribution >= 0.6 is 0 Å². The monoisotopic (exact) mass is 196 g/mol. The first-order valence-corrected chi connectivity index (χ1v) is 5.74. The Morgan fingerprint density at radius 3 is 2.64 bits per heavy atom. The third-order valence-electron chi connectivity index (χ3n) is 3.13. The molecule has 3 heteroatoms. The molecule has 1 aliphatic carbocycles. The molecule has 0 spiro atoms. The van der Waals surface area contributed by atoms with E-state index in [4.69, 9.17) is 0 Å². The van der Waals surface area contributed by atoms with Gasteiger partial charge in [-0.1, -0.05) is 12.8 Å². The number of nitrogens with one attached hydrogen (secondary N) is 2. The maximum absolute atomic E-state index is 11.5. The molecule has 1 aliphatic heterocycles. The molecule has 0 aromatic heterocycles. The van der Waals surface area contributed by atoms with E-state index in [9.17, 15) is 4.79 Å². The Hall–Kier alpha value is -0.570. The summed E-state index contributed by atoms with van der Waals surface area (Å²) < 4.78 is 0. The number of hydrogen-bond acceptors (Lipinski definition) is 2. The predicted molar refractivity (Wildman–Crippen MR) is 55.9 cm³/mol. The van der Waals surface area contributed by atoms with Crippen LogP contribution in [-0.2, 0) is 4.79 Å². The summed E-state index contributed by atoms with van der Waals surface area (Å²) in [5.74, 6) is 1.73. The standard InChI is InChI=1S/C11H20N2O/c1-8(4-9-2-3-9)13-11(14)5-10-6-12-7-10/h8-10,12H,2-7H2,1H3,(H,13,14). The number of amides is 1. The van der Waals surface area contributed by atoms with Gasteiger partial charge in [0.2, 0.25) is 5.91 Å². The van der Waals surface area contributed by atoms with Crippen molar-refractivity contribution in [1.82, 2.24) is 10.6 Å². The Balaban J connectivity index is 1.59. The van der Waals surface area contributed by atoms with Crippen molar-refractivity contribution < 1.29 is 4.79 Å². The first kappa shape index (κ1) is 9.97. The highest BCUT2D eigenvalue weighted by Gasteiger charge is 2.25. The Bertz CT molecular complexity index is 209. The minimum atomic E-state index is 0.240. The minimum absolute atomic E-state index is 0.240. The van der Waals surface area contributed by atoms with E-state index in [-0.39, 0.29) is 5.91 Å². The molecular formula is C11H20N2O. The molecule has 80 valence electrons. The maximum Gasteiger partial charge on any atom is 0.220 e. The summed E-state index contributed by atoms with van der Waals surface area (Å²) in [6, 6.07) is 0.378. The summed E-state index contributed by atoms with van der Waals surface area (Å²) in [5, 5.41) is 6.27. The van der Waals surface area contributed by atoms with Crippen molar-refractivity contribution in [2.75, 3.05) is 13.1 Å². The number of rotatable bonds is 5. The van der Waals surface area contributed by atoms with Crippen molar-refractivity contribution in [3.05, 3.63) is 0 Å². The second-order valence-electron chi connectivity index (χ2n) is 4.88. The molecule has 3 nitrogen and oxygen atoms in total. The van der Waals surface area contributed by atoms with Crippen molar-refractivity contribution in [1.29, 1.82) is 0 Å². The smallest absolute Gasteiger partial charge is 0.220 e. The molecule has 2 fully saturated rings. The van der Waals surface area contributed by atoms with Crippen LogP contribution in [0.5, 0.6) is 0 Å². The van der Waals surface area contributed by atoms with Crippen molar-refractivity contribution in [3.8, 4) is 0 Å². The number of carbonyl (C=O) groups is 1. The Morgan fingerprint density at radius 2 is 2.14 bits per heavy atom. The van der Waals surface area contributed by atoms with Gasteiger partial charge in [0.1, 0.15) is 0 Å². The fourth-order valence-electron chi connectivity index (χ4n) is 2.00. The third-order valence-corrected chi connectivity index (χ3v) is 3.13. The summed E-state index contributed by atoms with van der Waals surface area (Å²) in [6.45, 7) is 4.16. The van der Waals surface area contributed by atoms with Gasteiger partial charge in [-0.05, 0) is 38.3 Å². The zero-order valence-electron chi connectivity index (χ0n) is 8.88. The molecule has 1 unspecified atom stereocenters. The minimum Gasteiger partial charge on any atom is -0.354 e. The van der Waals surface area contributed by atoms with Crippen LogP contribution in [0.2, 0.25) is 0 Å². The van der Waals surface area contributed by atoms with E-state index in [1.54, 1.807) is 0 Å². The molecule has 0 radical (unpaired) electrons. The van der Waals surface area contributed by atoms with Crippen molar-refractivity contribution in [3.63, 3.8) is 0 Å². The third kappa shape index (κ3) is 2.98. The van der Waals surface area contributed by atoms with Gasteiger partial charge in [-0.15, -0.1) is 0 Å². The fraction of sp³-hybridized carbons (Fsp3) is 0.909. The van der Waals surface area contributed by atoms with Crippen LogP contribution in [0.15, 0.2) is 0 Å². The van der Waals surface area contributed by atoms with E-state index in [1.165, 1.54) is 19.3 Å². The van der Waals surface area contributed by atoms with E-state index < -0.39 is 0 Å². The van der Waals surface area contributed by atoms with Gasteiger partial charge in [0.15, 0.2) is 0 Å². The quantitative estimate of drug-likeness (QED) is 0.686. The summed E-state index contributed by atoms with van der Waals surface area (Å²) in [4.78, 5) is 11.5. The summed E-state index contributed by atoms with van der Waals surface area (Å²) in [6.07, 6.45) is 4.62. The predicted octanol–water partition coefficient (Wildman–Crippen LogP) is 0.901. The molecule has 14 heavy (non-hydrogen) atoms. The molecule has 2 aliphatic rings. The Labute approximate surface area is 85.6 Å². The van der Waals surface area contributed by atoms with Crippen LogP contribution in [0.1, 0.15) is 32.6 Å². The van der Waals surface area contributed by atoms with E-state index in [0.717, 1.165) is 19.0 Å². The van der Waals surface area contributed by atoms with Crippen LogP contribution in [0.25, 0.3) is 0 Å². The molecule has 1 saturated heterocycles. The molecule has 1 saturated carbocycles. The molecule has 0 aromatic carbocycles. The summed E-state index contributed by atoms with van der Waals surface area (Å²) >= 11 is 0. The summed E-state index contributed by atoms with van der Waals surface area (Å²) in [5.41, 5.74) is 0. The van der Waals surface area contributed by atoms with Crippen LogP contribution < -0.4 is 10.6 Å². The number of carbonyl (C=O) groups excluding carboxylic acids is 1. The highest BCUT2D eigenvalue weighted by atomic mass is 16.1. The van der Waals surface area contributed by atoms with Crippen molar-refractivity contribution >= 4 is 5.91 Å². The van der Waals surface area contributed by atoms with Gasteiger partial charge in [-0.3, -0.25) is 4.79 Å². The topological polar surface area (TPSA) is 41.1 Å². The van der Waals surface area contributed by atoms with E-state index in [2.05, 4.69) is 17.6 Å². The van der Waals surface area contributed by atoms with Crippen molar-refractivity contribution in [2.45, 2.75) is 38.6 Å². The van der Waals surface area contributed by atoms with E-state index in [1.807, 2.05) is 0 Å². The normalized spacial score (nSPS) is 24.1. The van der Waals surface area contributed by atoms with E-state index in [0.29, 0.717) is 18.4 Å². The summed E-state index contributed by atoms with van der Waals surface area (Å²) in [7, 11) is 0. The Kier molecular flexibility index (Phi) is 3.06. The lowest BCUT2D eigenvalue weighted by Gasteiger charge is -2.27. The molecule has 0 aromatic rings. The lowest BCUT2D eigenvalue weighted by molar-refractivity contribution is -0.123. The highest BCUT2D eigenvalue weighted by Crippen LogP contribution is 2.33. The molecule has 1 heterocycles. The average Bonchev–Trinajstić information content (AvgIpc) is 2.80. The van der Waals surface area contributed by atoms with E-state index >= 15 is 0 Å². The van der Waals surface area contributed by atoms with Gasteiger partial charge < -0.3 is 10.6 Å². The fourth-order valence-corrected chi connectivity index (χ4v) is 2.00. The average molecular weight is 196 g/mol. The Morgan fingerprint density at radius 1 is 1.43 bits per heavy atom. The molecule has 0 bridgehead atoms. The zero-order valence-corrected chi connectivity index (χ0v) is 8.88. The highest BCUT2D eigenvalue weighted by molar-refractivity contribution is 5.76. The first-order valence-electron chi connectivity index (χ1n) is 5.74. The van der Waals surface area contributed by atoms with Crippen molar-refractivity contribution in [2.24, 2.45) is 11.8 Å². The SMILES string of the molecule is CC(CC1CC1)NC(=O)CC1CNC1. The second kappa shape index (κ2) is 4.30. The zero-order chi connectivity index (χ0) is 9.97. The molecule has 2 N–H and O–H groups in total. The van der Waals surface area contributed by atoms with Crippen LogP contribution in [0.4, 0.5) is 0 Å². The lowest BCUT2D eigenvalue weighted by Crippen LogP contribution is -2.45. The van der Waals surface area contributed by atoms with Gasteiger partial charge in [-0.2, -0.15) is 0 Å². The van der Waals surface area contributed by atoms with Gasteiger partial charge in [-0.25, -0.2) is 0 Å². The van der Waals surface area contributed by atoms with Gasteiger partial charge in [0.05, 0.1) is 0 Å². The molecule has 1 atom stereocenters. The lowest BCUT2D eigenvalue weighted by atomic mass is 9.99.